The first-order valence-corrected chi connectivity index (χ1v) is 4.11. The minimum atomic E-state index is -0.774. The van der Waals surface area contributed by atoms with E-state index < -0.39 is 11.5 Å². The fourth-order valence-electron chi connectivity index (χ4n) is 1.26. The standard InChI is InChI=1S/C8H15NO3.Na.H/c1-8(2,7(10)11)9-3-5-12-6-4-9;;/h3-6H2,1-2H3,(H,10,11);;. The van der Waals surface area contributed by atoms with Crippen LogP contribution >= 0.6 is 0 Å². The van der Waals surface area contributed by atoms with Crippen LogP contribution in [0.15, 0.2) is 0 Å². The molecule has 0 atom stereocenters. The molecule has 0 saturated carbocycles. The van der Waals surface area contributed by atoms with Gasteiger partial charge >= 0.3 is 35.5 Å². The van der Waals surface area contributed by atoms with Gasteiger partial charge in [0.05, 0.1) is 13.2 Å². The molecule has 0 aromatic carbocycles. The van der Waals surface area contributed by atoms with E-state index in [0.29, 0.717) is 26.3 Å². The topological polar surface area (TPSA) is 49.8 Å². The van der Waals surface area contributed by atoms with E-state index in [4.69, 9.17) is 9.84 Å². The van der Waals surface area contributed by atoms with E-state index in [1.54, 1.807) is 13.8 Å². The molecule has 1 fully saturated rings. The van der Waals surface area contributed by atoms with Gasteiger partial charge in [-0.25, -0.2) is 0 Å². The Morgan fingerprint density at radius 3 is 2.23 bits per heavy atom. The Labute approximate surface area is 101 Å². The Morgan fingerprint density at radius 1 is 1.38 bits per heavy atom. The third-order valence-corrected chi connectivity index (χ3v) is 2.33. The van der Waals surface area contributed by atoms with Crippen molar-refractivity contribution in [1.82, 2.24) is 4.90 Å². The van der Waals surface area contributed by atoms with Crippen LogP contribution in [0.4, 0.5) is 0 Å². The van der Waals surface area contributed by atoms with Crippen molar-refractivity contribution in [2.45, 2.75) is 19.4 Å². The summed E-state index contributed by atoms with van der Waals surface area (Å²) in [4.78, 5) is 12.8. The number of rotatable bonds is 2. The van der Waals surface area contributed by atoms with Crippen LogP contribution in [0.3, 0.4) is 0 Å². The third-order valence-electron chi connectivity index (χ3n) is 2.33. The molecule has 0 amide bonds. The second-order valence-electron chi connectivity index (χ2n) is 3.46. The van der Waals surface area contributed by atoms with Crippen molar-refractivity contribution < 1.29 is 14.6 Å². The number of carbonyl (C=O) groups is 1. The monoisotopic (exact) mass is 197 g/mol. The molecular formula is C8H16NNaO3. The number of nitrogens with zero attached hydrogens (tertiary/aromatic N) is 1. The van der Waals surface area contributed by atoms with Crippen molar-refractivity contribution in [1.29, 1.82) is 0 Å². The summed E-state index contributed by atoms with van der Waals surface area (Å²) in [7, 11) is 0. The van der Waals surface area contributed by atoms with Crippen LogP contribution in [-0.4, -0.2) is 77.4 Å². The van der Waals surface area contributed by atoms with Gasteiger partial charge in [-0.15, -0.1) is 0 Å². The average Bonchev–Trinajstić information content (AvgIpc) is 2.06. The van der Waals surface area contributed by atoms with Gasteiger partial charge < -0.3 is 9.84 Å². The molecule has 0 aromatic heterocycles. The molecule has 5 heteroatoms. The van der Waals surface area contributed by atoms with Crippen LogP contribution < -0.4 is 0 Å². The number of carboxylic acid groups (broad SMARTS) is 1. The Kier molecular flexibility index (Phi) is 5.47. The molecule has 72 valence electrons. The van der Waals surface area contributed by atoms with Gasteiger partial charge in [-0.05, 0) is 13.8 Å². The first-order chi connectivity index (χ1) is 5.55. The van der Waals surface area contributed by atoms with Gasteiger partial charge in [0.1, 0.15) is 5.54 Å². The Balaban J connectivity index is 0.00000144. The summed E-state index contributed by atoms with van der Waals surface area (Å²) in [5, 5.41) is 8.91. The van der Waals surface area contributed by atoms with E-state index in [-0.39, 0.29) is 29.6 Å². The number of hydrogen-bond donors (Lipinski definition) is 1. The van der Waals surface area contributed by atoms with Crippen LogP contribution in [-0.2, 0) is 9.53 Å². The normalized spacial score (nSPS) is 19.2. The molecule has 0 spiro atoms. The number of ether oxygens (including phenoxy) is 1. The van der Waals surface area contributed by atoms with Gasteiger partial charge in [-0.2, -0.15) is 0 Å². The first kappa shape index (κ1) is 13.4. The average molecular weight is 197 g/mol. The second-order valence-corrected chi connectivity index (χ2v) is 3.46. The molecule has 1 rings (SSSR count). The van der Waals surface area contributed by atoms with Crippen molar-refractivity contribution in [2.75, 3.05) is 26.3 Å². The molecule has 4 nitrogen and oxygen atoms in total. The summed E-state index contributed by atoms with van der Waals surface area (Å²) in [6, 6.07) is 0. The predicted octanol–water partition coefficient (Wildman–Crippen LogP) is -0.467. The van der Waals surface area contributed by atoms with Crippen LogP contribution in [0.1, 0.15) is 13.8 Å². The van der Waals surface area contributed by atoms with Crippen molar-refractivity contribution in [3.63, 3.8) is 0 Å². The van der Waals surface area contributed by atoms with E-state index in [9.17, 15) is 4.79 Å². The van der Waals surface area contributed by atoms with Crippen LogP contribution in [0.2, 0.25) is 0 Å². The molecule has 0 unspecified atom stereocenters. The van der Waals surface area contributed by atoms with Gasteiger partial charge in [-0.1, -0.05) is 0 Å². The Bertz CT molecular complexity index is 178. The van der Waals surface area contributed by atoms with Crippen molar-refractivity contribution in [3.8, 4) is 0 Å². The Morgan fingerprint density at radius 2 is 1.85 bits per heavy atom. The number of hydrogen-bond acceptors (Lipinski definition) is 3. The summed E-state index contributed by atoms with van der Waals surface area (Å²) < 4.78 is 5.14. The molecular weight excluding hydrogens is 181 g/mol. The maximum atomic E-state index is 10.8. The summed E-state index contributed by atoms with van der Waals surface area (Å²) in [5.41, 5.74) is -0.760. The zero-order chi connectivity index (χ0) is 9.19. The fourth-order valence-corrected chi connectivity index (χ4v) is 1.26. The molecule has 13 heavy (non-hydrogen) atoms. The van der Waals surface area contributed by atoms with Crippen LogP contribution in [0, 0.1) is 0 Å². The molecule has 1 heterocycles. The summed E-state index contributed by atoms with van der Waals surface area (Å²) >= 11 is 0. The van der Waals surface area contributed by atoms with Gasteiger partial charge in [0.2, 0.25) is 0 Å². The zero-order valence-corrected chi connectivity index (χ0v) is 7.54. The SMILES string of the molecule is CC(C)(C(=O)O)N1CCOCC1.[NaH]. The molecule has 0 aliphatic carbocycles. The third kappa shape index (κ3) is 3.22. The van der Waals surface area contributed by atoms with Gasteiger partial charge in [0.15, 0.2) is 0 Å². The van der Waals surface area contributed by atoms with Crippen molar-refractivity contribution in [2.24, 2.45) is 0 Å². The number of morpholine rings is 1. The second kappa shape index (κ2) is 5.32. The number of carboxylic acids is 1. The molecule has 0 aromatic rings. The summed E-state index contributed by atoms with van der Waals surface area (Å²) in [5.74, 6) is -0.774. The van der Waals surface area contributed by atoms with Crippen LogP contribution in [0.25, 0.3) is 0 Å². The predicted molar refractivity (Wildman–Crippen MR) is 51.3 cm³/mol. The molecule has 1 N–H and O–H groups in total. The van der Waals surface area contributed by atoms with E-state index in [2.05, 4.69) is 0 Å². The molecule has 0 bridgehead atoms. The molecule has 1 saturated heterocycles. The van der Waals surface area contributed by atoms with E-state index in [1.165, 1.54) is 0 Å². The Hall–Kier alpha value is 0.390. The number of aliphatic carboxylic acids is 1. The fraction of sp³-hybridized carbons (Fsp3) is 0.875. The van der Waals surface area contributed by atoms with Crippen molar-refractivity contribution in [3.05, 3.63) is 0 Å². The van der Waals surface area contributed by atoms with E-state index in [0.717, 1.165) is 0 Å². The molecule has 0 radical (unpaired) electrons. The first-order valence-electron chi connectivity index (χ1n) is 4.11. The van der Waals surface area contributed by atoms with Gasteiger partial charge in [-0.3, -0.25) is 9.69 Å². The summed E-state index contributed by atoms with van der Waals surface area (Å²) in [6.45, 7) is 6.13. The maximum absolute atomic E-state index is 10.8. The van der Waals surface area contributed by atoms with Gasteiger partial charge in [0.25, 0.3) is 0 Å². The minimum absolute atomic E-state index is 0. The van der Waals surface area contributed by atoms with E-state index in [1.807, 2.05) is 4.90 Å². The molecule has 1 aliphatic rings. The van der Waals surface area contributed by atoms with Gasteiger partial charge in [0, 0.05) is 13.1 Å². The van der Waals surface area contributed by atoms with Crippen molar-refractivity contribution >= 4 is 35.5 Å². The zero-order valence-electron chi connectivity index (χ0n) is 7.54. The summed E-state index contributed by atoms with van der Waals surface area (Å²) in [6.07, 6.45) is 0. The quantitative estimate of drug-likeness (QED) is 0.608. The van der Waals surface area contributed by atoms with Crippen LogP contribution in [0.5, 0.6) is 0 Å². The van der Waals surface area contributed by atoms with E-state index >= 15 is 0 Å². The molecule has 1 aliphatic heterocycles.